The third kappa shape index (κ3) is 6.61. The smallest absolute Gasteiger partial charge is 0.459 e. The van der Waals surface area contributed by atoms with Crippen LogP contribution in [0.15, 0.2) is 52.2 Å². The summed E-state index contributed by atoms with van der Waals surface area (Å²) < 4.78 is 50.8. The Morgan fingerprint density at radius 2 is 1.97 bits per heavy atom. The number of hydrogen-bond donors (Lipinski definition) is 3. The number of esters is 1. The molecule has 0 aliphatic carbocycles. The minimum atomic E-state index is -4.35. The average molecular weight is 550 g/mol. The zero-order valence-electron chi connectivity index (χ0n) is 19.5. The van der Waals surface area contributed by atoms with Crippen LogP contribution in [0.25, 0.3) is 0 Å². The Bertz CT molecular complexity index is 1220. The summed E-state index contributed by atoms with van der Waals surface area (Å²) in [6, 6.07) is 7.68. The fourth-order valence-corrected chi connectivity index (χ4v) is 5.02. The number of aromatic nitrogens is 2. The normalized spacial score (nSPS) is 26.4. The molecular weight excluding hydrogens is 524 g/mol. The maximum atomic E-state index is 15.2. The van der Waals surface area contributed by atoms with Gasteiger partial charge in [-0.1, -0.05) is 29.8 Å². The van der Waals surface area contributed by atoms with E-state index in [0.29, 0.717) is 4.57 Å². The number of benzene rings is 1. The standard InChI is InChI=1S/C21H26ClFN3O9P/c1-12(2)33-18(29)13(3)25-36(31,35-14-7-5-4-6-8-14)32-11-15-17(28)21(22,23)19(34-15)26-10-9-16(27)24-20(26)30/h4-10,12-13,15,17,19,28H,11H2,1-3H3,(H,25,31)(H,24,27,30)/t13-,15+,17+,19+,21-,36-/m0/s1. The third-order valence-electron chi connectivity index (χ3n) is 4.92. The van der Waals surface area contributed by atoms with Gasteiger partial charge in [0.25, 0.3) is 10.7 Å². The van der Waals surface area contributed by atoms with E-state index in [2.05, 4.69) is 5.09 Å². The Balaban J connectivity index is 1.80. The first-order chi connectivity index (χ1) is 16.8. The van der Waals surface area contributed by atoms with Crippen molar-refractivity contribution in [1.29, 1.82) is 0 Å². The lowest BCUT2D eigenvalue weighted by Crippen LogP contribution is -2.42. The van der Waals surface area contributed by atoms with Gasteiger partial charge in [0.1, 0.15) is 24.0 Å². The highest BCUT2D eigenvalue weighted by Gasteiger charge is 2.58. The molecule has 1 aliphatic rings. The Morgan fingerprint density at radius 3 is 2.58 bits per heavy atom. The monoisotopic (exact) mass is 549 g/mol. The Hall–Kier alpha value is -2.54. The molecule has 15 heteroatoms. The molecule has 0 radical (unpaired) electrons. The lowest BCUT2D eigenvalue weighted by molar-refractivity contribution is -0.149. The van der Waals surface area contributed by atoms with Crippen LogP contribution < -0.4 is 20.9 Å². The van der Waals surface area contributed by atoms with Crippen molar-refractivity contribution in [2.75, 3.05) is 6.61 Å². The number of aliphatic hydroxyl groups is 1. The maximum Gasteiger partial charge on any atom is 0.459 e. The summed E-state index contributed by atoms with van der Waals surface area (Å²) in [6.07, 6.45) is -4.91. The number of aromatic amines is 1. The number of carbonyl (C=O) groups excluding carboxylic acids is 1. The molecule has 6 atom stereocenters. The number of carbonyl (C=O) groups is 1. The van der Waals surface area contributed by atoms with E-state index < -0.39 is 67.3 Å². The highest BCUT2D eigenvalue weighted by molar-refractivity contribution is 7.52. The lowest BCUT2D eigenvalue weighted by Gasteiger charge is -2.25. The van der Waals surface area contributed by atoms with Gasteiger partial charge >= 0.3 is 19.4 Å². The molecule has 3 rings (SSSR count). The number of aliphatic hydroxyl groups excluding tert-OH is 1. The topological polar surface area (TPSA) is 158 Å². The Labute approximate surface area is 209 Å². The molecule has 3 N–H and O–H groups in total. The van der Waals surface area contributed by atoms with Crippen LogP contribution in [0.5, 0.6) is 5.75 Å². The van der Waals surface area contributed by atoms with Gasteiger partial charge in [0.15, 0.2) is 6.23 Å². The largest absolute Gasteiger partial charge is 0.462 e. The van der Waals surface area contributed by atoms with Crippen LogP contribution in [0.2, 0.25) is 0 Å². The van der Waals surface area contributed by atoms with E-state index in [0.717, 1.165) is 12.3 Å². The number of rotatable bonds is 10. The first kappa shape index (κ1) is 28.0. The summed E-state index contributed by atoms with van der Waals surface area (Å²) in [4.78, 5) is 37.6. The number of halogens is 2. The van der Waals surface area contributed by atoms with Crippen molar-refractivity contribution >= 4 is 25.3 Å². The molecule has 0 saturated carbocycles. The van der Waals surface area contributed by atoms with Crippen molar-refractivity contribution in [3.8, 4) is 5.75 Å². The van der Waals surface area contributed by atoms with Gasteiger partial charge < -0.3 is 19.1 Å². The van der Waals surface area contributed by atoms with Gasteiger partial charge in [-0.15, -0.1) is 0 Å². The van der Waals surface area contributed by atoms with E-state index in [-0.39, 0.29) is 5.75 Å². The molecule has 0 bridgehead atoms. The van der Waals surface area contributed by atoms with E-state index in [1.165, 1.54) is 19.1 Å². The molecule has 198 valence electrons. The first-order valence-electron chi connectivity index (χ1n) is 10.8. The van der Waals surface area contributed by atoms with Gasteiger partial charge in [-0.2, -0.15) is 5.09 Å². The van der Waals surface area contributed by atoms with Crippen molar-refractivity contribution in [2.24, 2.45) is 0 Å². The molecule has 1 aliphatic heterocycles. The molecular formula is C21H26ClFN3O9P. The van der Waals surface area contributed by atoms with E-state index in [4.69, 9.17) is 30.1 Å². The minimum absolute atomic E-state index is 0.125. The predicted molar refractivity (Wildman–Crippen MR) is 125 cm³/mol. The molecule has 0 unspecified atom stereocenters. The molecule has 0 spiro atoms. The van der Waals surface area contributed by atoms with Gasteiger partial charge in [0.05, 0.1) is 12.7 Å². The molecule has 12 nitrogen and oxygen atoms in total. The highest BCUT2D eigenvalue weighted by Crippen LogP contribution is 2.48. The van der Waals surface area contributed by atoms with Gasteiger partial charge in [-0.05, 0) is 32.9 Å². The van der Waals surface area contributed by atoms with Gasteiger partial charge in [0, 0.05) is 12.3 Å². The second kappa shape index (κ2) is 11.2. The fraction of sp³-hybridized carbons (Fsp3) is 0.476. The van der Waals surface area contributed by atoms with Gasteiger partial charge in [0.2, 0.25) is 0 Å². The zero-order valence-corrected chi connectivity index (χ0v) is 21.1. The number of H-pyrrole nitrogens is 1. The van der Waals surface area contributed by atoms with Crippen molar-refractivity contribution < 1.29 is 37.4 Å². The quantitative estimate of drug-likeness (QED) is 0.227. The van der Waals surface area contributed by atoms with E-state index in [1.54, 1.807) is 32.0 Å². The highest BCUT2D eigenvalue weighted by atomic mass is 35.5. The van der Waals surface area contributed by atoms with Crippen LogP contribution in [0, 0.1) is 0 Å². The summed E-state index contributed by atoms with van der Waals surface area (Å²) in [5.41, 5.74) is -1.76. The van der Waals surface area contributed by atoms with Crippen LogP contribution >= 0.6 is 19.3 Å². The minimum Gasteiger partial charge on any atom is -0.462 e. The summed E-state index contributed by atoms with van der Waals surface area (Å²) in [6.45, 7) is 3.93. The summed E-state index contributed by atoms with van der Waals surface area (Å²) in [5, 5.41) is 9.86. The van der Waals surface area contributed by atoms with Crippen LogP contribution in [0.1, 0.15) is 27.0 Å². The van der Waals surface area contributed by atoms with E-state index in [1.807, 2.05) is 4.98 Å². The van der Waals surface area contributed by atoms with Crippen molar-refractivity contribution in [3.05, 3.63) is 63.4 Å². The first-order valence-corrected chi connectivity index (χ1v) is 12.7. The van der Waals surface area contributed by atoms with Crippen molar-refractivity contribution in [1.82, 2.24) is 14.6 Å². The van der Waals surface area contributed by atoms with Gasteiger partial charge in [-0.3, -0.25) is 23.7 Å². The average Bonchev–Trinajstić information content (AvgIpc) is 3.01. The van der Waals surface area contributed by atoms with Crippen molar-refractivity contribution in [3.63, 3.8) is 0 Å². The summed E-state index contributed by atoms with van der Waals surface area (Å²) in [5.74, 6) is -0.607. The maximum absolute atomic E-state index is 15.2. The number of para-hydroxylation sites is 1. The van der Waals surface area contributed by atoms with Crippen LogP contribution in [0.4, 0.5) is 4.39 Å². The molecule has 1 fully saturated rings. The van der Waals surface area contributed by atoms with E-state index in [9.17, 15) is 24.1 Å². The summed E-state index contributed by atoms with van der Waals surface area (Å²) in [7, 11) is -4.35. The number of nitrogens with one attached hydrogen (secondary N) is 2. The summed E-state index contributed by atoms with van der Waals surface area (Å²) >= 11 is 5.85. The van der Waals surface area contributed by atoms with Crippen molar-refractivity contribution in [2.45, 2.75) is 56.5 Å². The number of hydrogen-bond acceptors (Lipinski definition) is 9. The number of ether oxygens (including phenoxy) is 2. The fourth-order valence-electron chi connectivity index (χ4n) is 3.22. The second-order valence-electron chi connectivity index (χ2n) is 8.20. The van der Waals surface area contributed by atoms with Crippen LogP contribution in [0.3, 0.4) is 0 Å². The molecule has 2 aromatic rings. The number of alkyl halides is 2. The van der Waals surface area contributed by atoms with Crippen LogP contribution in [-0.4, -0.2) is 56.7 Å². The van der Waals surface area contributed by atoms with Crippen LogP contribution in [-0.2, 0) is 23.4 Å². The molecule has 0 amide bonds. The molecule has 1 aromatic heterocycles. The molecule has 1 saturated heterocycles. The Morgan fingerprint density at radius 1 is 1.31 bits per heavy atom. The molecule has 2 heterocycles. The third-order valence-corrected chi connectivity index (χ3v) is 6.97. The van der Waals surface area contributed by atoms with Gasteiger partial charge in [-0.25, -0.2) is 13.8 Å². The second-order valence-corrected chi connectivity index (χ2v) is 10.5. The lowest BCUT2D eigenvalue weighted by atomic mass is 10.1. The molecule has 1 aromatic carbocycles. The number of nitrogens with zero attached hydrogens (tertiary/aromatic N) is 1. The SMILES string of the molecule is CC(C)OC(=O)[C@H](C)N[P@](=O)(OC[C@H]1O[C@@H](n2ccc(=O)[nH]c2=O)[C@](F)(Cl)[C@@H]1O)Oc1ccccc1. The predicted octanol–water partition coefficient (Wildman–Crippen LogP) is 1.83. The zero-order chi connectivity index (χ0) is 26.7. The molecule has 36 heavy (non-hydrogen) atoms. The van der Waals surface area contributed by atoms with E-state index >= 15 is 4.39 Å². The Kier molecular flexibility index (Phi) is 8.75.